The highest BCUT2D eigenvalue weighted by Gasteiger charge is 2.14. The van der Waals surface area contributed by atoms with Crippen LogP contribution < -0.4 is 0 Å². The van der Waals surface area contributed by atoms with E-state index in [0.29, 0.717) is 22.8 Å². The number of fused-ring (bicyclic) bond motifs is 1. The molecule has 6 nitrogen and oxygen atoms in total. The summed E-state index contributed by atoms with van der Waals surface area (Å²) in [5.74, 6) is 1.11. The zero-order valence-electron chi connectivity index (χ0n) is 8.95. The highest BCUT2D eigenvalue weighted by atomic mass is 16.3. The standard InChI is InChI=1S/C11H7N5O/c1-7-10(17-6-13-7)11-15-14-9-3-2-8(4-12)5-16(9)11/h2-3,5-6H,1H3. The van der Waals surface area contributed by atoms with E-state index in [2.05, 4.69) is 21.3 Å². The Bertz CT molecular complexity index is 734. The summed E-state index contributed by atoms with van der Waals surface area (Å²) in [4.78, 5) is 4.01. The number of oxazole rings is 1. The van der Waals surface area contributed by atoms with Gasteiger partial charge in [-0.25, -0.2) is 4.98 Å². The molecule has 3 aromatic heterocycles. The molecule has 0 spiro atoms. The van der Waals surface area contributed by atoms with Crippen LogP contribution in [-0.2, 0) is 0 Å². The van der Waals surface area contributed by atoms with Crippen LogP contribution in [0, 0.1) is 18.3 Å². The molecule has 0 bridgehead atoms. The lowest BCUT2D eigenvalue weighted by Crippen LogP contribution is -1.91. The second-order valence-corrected chi connectivity index (χ2v) is 3.55. The summed E-state index contributed by atoms with van der Waals surface area (Å²) in [6, 6.07) is 5.51. The number of nitriles is 1. The zero-order valence-corrected chi connectivity index (χ0v) is 8.95. The molecule has 6 heteroatoms. The molecule has 0 aliphatic heterocycles. The lowest BCUT2D eigenvalue weighted by molar-refractivity contribution is 0.566. The molecule has 0 atom stereocenters. The minimum Gasteiger partial charge on any atom is -0.440 e. The van der Waals surface area contributed by atoms with E-state index in [9.17, 15) is 0 Å². The minimum absolute atomic E-state index is 0.538. The van der Waals surface area contributed by atoms with E-state index >= 15 is 0 Å². The van der Waals surface area contributed by atoms with Crippen molar-refractivity contribution in [3.63, 3.8) is 0 Å². The summed E-state index contributed by atoms with van der Waals surface area (Å²) in [5, 5.41) is 16.9. The van der Waals surface area contributed by atoms with Gasteiger partial charge >= 0.3 is 0 Å². The maximum Gasteiger partial charge on any atom is 0.206 e. The number of hydrogen-bond donors (Lipinski definition) is 0. The molecule has 17 heavy (non-hydrogen) atoms. The molecule has 0 aliphatic rings. The van der Waals surface area contributed by atoms with Gasteiger partial charge < -0.3 is 4.42 Å². The molecule has 0 saturated heterocycles. The maximum absolute atomic E-state index is 8.87. The third kappa shape index (κ3) is 1.37. The zero-order chi connectivity index (χ0) is 11.8. The van der Waals surface area contributed by atoms with E-state index in [1.54, 1.807) is 22.7 Å². The third-order valence-corrected chi connectivity index (χ3v) is 2.48. The number of rotatable bonds is 1. The molecular weight excluding hydrogens is 218 g/mol. The Kier molecular flexibility index (Phi) is 1.92. The predicted molar refractivity (Wildman–Crippen MR) is 57.9 cm³/mol. The Morgan fingerprint density at radius 1 is 1.35 bits per heavy atom. The molecule has 0 unspecified atom stereocenters. The molecule has 3 heterocycles. The number of nitrogens with zero attached hydrogens (tertiary/aromatic N) is 5. The van der Waals surface area contributed by atoms with Crippen LogP contribution in [0.4, 0.5) is 0 Å². The highest BCUT2D eigenvalue weighted by Crippen LogP contribution is 2.21. The molecule has 82 valence electrons. The first kappa shape index (κ1) is 9.54. The first-order chi connectivity index (χ1) is 8.29. The van der Waals surface area contributed by atoms with Crippen molar-refractivity contribution >= 4 is 5.65 Å². The Hall–Kier alpha value is -2.68. The first-order valence-electron chi connectivity index (χ1n) is 4.95. The number of hydrogen-bond acceptors (Lipinski definition) is 5. The van der Waals surface area contributed by atoms with Crippen molar-refractivity contribution in [1.29, 1.82) is 5.26 Å². The monoisotopic (exact) mass is 225 g/mol. The smallest absolute Gasteiger partial charge is 0.206 e. The summed E-state index contributed by atoms with van der Waals surface area (Å²) in [7, 11) is 0. The fraction of sp³-hybridized carbons (Fsp3) is 0.0909. The molecule has 0 saturated carbocycles. The fourth-order valence-corrected chi connectivity index (χ4v) is 1.63. The van der Waals surface area contributed by atoms with E-state index in [0.717, 1.165) is 5.69 Å². The number of aryl methyl sites for hydroxylation is 1. The minimum atomic E-state index is 0.538. The second-order valence-electron chi connectivity index (χ2n) is 3.55. The van der Waals surface area contributed by atoms with Crippen molar-refractivity contribution in [2.24, 2.45) is 0 Å². The van der Waals surface area contributed by atoms with E-state index in [1.807, 2.05) is 6.92 Å². The first-order valence-corrected chi connectivity index (χ1v) is 4.95. The molecule has 3 rings (SSSR count). The summed E-state index contributed by atoms with van der Waals surface area (Å²) in [5.41, 5.74) is 1.94. The van der Waals surface area contributed by atoms with E-state index < -0.39 is 0 Å². The van der Waals surface area contributed by atoms with Crippen LogP contribution in [-0.4, -0.2) is 19.6 Å². The average molecular weight is 225 g/mol. The molecular formula is C11H7N5O. The van der Waals surface area contributed by atoms with Gasteiger partial charge in [0, 0.05) is 6.20 Å². The summed E-state index contributed by atoms with van der Waals surface area (Å²) >= 11 is 0. The van der Waals surface area contributed by atoms with E-state index in [1.165, 1.54) is 6.39 Å². The van der Waals surface area contributed by atoms with Crippen LogP contribution in [0.1, 0.15) is 11.3 Å². The van der Waals surface area contributed by atoms with Crippen molar-refractivity contribution in [2.75, 3.05) is 0 Å². The number of pyridine rings is 1. The van der Waals surface area contributed by atoms with Crippen molar-refractivity contribution in [3.05, 3.63) is 36.0 Å². The van der Waals surface area contributed by atoms with Gasteiger partial charge in [0.25, 0.3) is 0 Å². The molecule has 0 amide bonds. The van der Waals surface area contributed by atoms with Crippen LogP contribution in [0.25, 0.3) is 17.2 Å². The predicted octanol–water partition coefficient (Wildman–Crippen LogP) is 1.56. The molecule has 0 N–H and O–H groups in total. The molecule has 0 aromatic carbocycles. The van der Waals surface area contributed by atoms with Gasteiger partial charge in [-0.3, -0.25) is 4.40 Å². The molecule has 0 fully saturated rings. The van der Waals surface area contributed by atoms with Gasteiger partial charge in [-0.2, -0.15) is 5.26 Å². The van der Waals surface area contributed by atoms with Crippen LogP contribution >= 0.6 is 0 Å². The maximum atomic E-state index is 8.87. The molecule has 0 aliphatic carbocycles. The van der Waals surface area contributed by atoms with Crippen molar-refractivity contribution in [3.8, 4) is 17.7 Å². The van der Waals surface area contributed by atoms with E-state index in [4.69, 9.17) is 9.68 Å². The lowest BCUT2D eigenvalue weighted by atomic mass is 10.3. The summed E-state index contributed by atoms with van der Waals surface area (Å²) in [6.45, 7) is 1.83. The van der Waals surface area contributed by atoms with Crippen molar-refractivity contribution < 1.29 is 4.42 Å². The fourth-order valence-electron chi connectivity index (χ4n) is 1.63. The average Bonchev–Trinajstić information content (AvgIpc) is 2.94. The van der Waals surface area contributed by atoms with Crippen LogP contribution in [0.15, 0.2) is 29.1 Å². The van der Waals surface area contributed by atoms with Crippen molar-refractivity contribution in [2.45, 2.75) is 6.92 Å². The summed E-state index contributed by atoms with van der Waals surface area (Å²) in [6.07, 6.45) is 3.03. The van der Waals surface area contributed by atoms with Crippen molar-refractivity contribution in [1.82, 2.24) is 19.6 Å². The Morgan fingerprint density at radius 3 is 2.94 bits per heavy atom. The van der Waals surface area contributed by atoms with Gasteiger partial charge in [0.2, 0.25) is 5.82 Å². The second kappa shape index (κ2) is 3.42. The van der Waals surface area contributed by atoms with Gasteiger partial charge in [0.15, 0.2) is 17.8 Å². The number of aromatic nitrogens is 4. The third-order valence-electron chi connectivity index (χ3n) is 2.48. The summed E-state index contributed by atoms with van der Waals surface area (Å²) < 4.78 is 6.99. The normalized spacial score (nSPS) is 10.6. The quantitative estimate of drug-likeness (QED) is 0.627. The Labute approximate surface area is 96.2 Å². The van der Waals surface area contributed by atoms with Gasteiger partial charge in [-0.15, -0.1) is 10.2 Å². The van der Waals surface area contributed by atoms with Crippen LogP contribution in [0.5, 0.6) is 0 Å². The Balaban J connectivity index is 2.31. The van der Waals surface area contributed by atoms with Crippen LogP contribution in [0.3, 0.4) is 0 Å². The van der Waals surface area contributed by atoms with E-state index in [-0.39, 0.29) is 0 Å². The Morgan fingerprint density at radius 2 is 2.24 bits per heavy atom. The topological polar surface area (TPSA) is 80.0 Å². The van der Waals surface area contributed by atoms with Gasteiger partial charge in [-0.1, -0.05) is 0 Å². The van der Waals surface area contributed by atoms with Crippen LogP contribution in [0.2, 0.25) is 0 Å². The molecule has 0 radical (unpaired) electrons. The molecule has 3 aromatic rings. The SMILES string of the molecule is Cc1ncoc1-c1nnc2ccc(C#N)cn12. The van der Waals surface area contributed by atoms with Gasteiger partial charge in [0.05, 0.1) is 11.3 Å². The largest absolute Gasteiger partial charge is 0.440 e. The van der Waals surface area contributed by atoms with Gasteiger partial charge in [-0.05, 0) is 19.1 Å². The highest BCUT2D eigenvalue weighted by molar-refractivity contribution is 5.56. The lowest BCUT2D eigenvalue weighted by Gasteiger charge is -1.97. The van der Waals surface area contributed by atoms with Gasteiger partial charge in [0.1, 0.15) is 6.07 Å².